The van der Waals surface area contributed by atoms with Gasteiger partial charge in [-0.25, -0.2) is 4.98 Å². The predicted octanol–water partition coefficient (Wildman–Crippen LogP) is 2.27. The minimum Gasteiger partial charge on any atom is -0.497 e. The van der Waals surface area contributed by atoms with Gasteiger partial charge in [-0.2, -0.15) is 0 Å². The molecule has 1 heterocycles. The number of carboxylic acid groups (broad SMARTS) is 1. The molecule has 0 saturated heterocycles. The molecule has 7 heteroatoms. The SMILES string of the molecule is C=CC(=O)NNc1cc(C)c2ccc(OC)cc2n1.CC(=O)O. The summed E-state index contributed by atoms with van der Waals surface area (Å²) in [6.45, 7) is 6.44. The van der Waals surface area contributed by atoms with E-state index in [9.17, 15) is 4.79 Å². The van der Waals surface area contributed by atoms with Gasteiger partial charge in [-0.15, -0.1) is 0 Å². The van der Waals surface area contributed by atoms with Crippen LogP contribution in [0.15, 0.2) is 36.9 Å². The molecular weight excluding hydrogens is 298 g/mol. The summed E-state index contributed by atoms with van der Waals surface area (Å²) in [4.78, 5) is 24.5. The van der Waals surface area contributed by atoms with Crippen LogP contribution < -0.4 is 15.6 Å². The molecule has 0 spiro atoms. The Morgan fingerprint density at radius 1 is 1.35 bits per heavy atom. The second-order valence-electron chi connectivity index (χ2n) is 4.54. The van der Waals surface area contributed by atoms with E-state index in [0.29, 0.717) is 5.82 Å². The van der Waals surface area contributed by atoms with Crippen molar-refractivity contribution >= 4 is 28.6 Å². The van der Waals surface area contributed by atoms with Gasteiger partial charge < -0.3 is 9.84 Å². The first-order valence-electron chi connectivity index (χ1n) is 6.70. The Bertz CT molecular complexity index is 725. The van der Waals surface area contributed by atoms with Crippen LogP contribution in [0.3, 0.4) is 0 Å². The number of pyridine rings is 1. The number of ether oxygens (including phenoxy) is 1. The van der Waals surface area contributed by atoms with Crippen molar-refractivity contribution in [1.82, 2.24) is 10.4 Å². The number of anilines is 1. The fraction of sp³-hybridized carbons (Fsp3) is 0.188. The number of methoxy groups -OCH3 is 1. The van der Waals surface area contributed by atoms with Gasteiger partial charge in [0.2, 0.25) is 0 Å². The Morgan fingerprint density at radius 3 is 2.57 bits per heavy atom. The molecule has 0 atom stereocenters. The minimum atomic E-state index is -0.833. The van der Waals surface area contributed by atoms with Crippen molar-refractivity contribution in [3.05, 3.63) is 42.5 Å². The van der Waals surface area contributed by atoms with E-state index in [-0.39, 0.29) is 5.91 Å². The Morgan fingerprint density at radius 2 is 2.00 bits per heavy atom. The number of aliphatic carboxylic acids is 1. The monoisotopic (exact) mass is 317 g/mol. The topological polar surface area (TPSA) is 101 Å². The van der Waals surface area contributed by atoms with Gasteiger partial charge in [0.15, 0.2) is 0 Å². The lowest BCUT2D eigenvalue weighted by Crippen LogP contribution is -2.27. The molecule has 0 unspecified atom stereocenters. The van der Waals surface area contributed by atoms with Crippen molar-refractivity contribution in [3.63, 3.8) is 0 Å². The highest BCUT2D eigenvalue weighted by molar-refractivity contribution is 5.88. The summed E-state index contributed by atoms with van der Waals surface area (Å²) in [7, 11) is 1.61. The molecule has 1 aromatic carbocycles. The lowest BCUT2D eigenvalue weighted by atomic mass is 10.1. The van der Waals surface area contributed by atoms with Crippen LogP contribution in [0.2, 0.25) is 0 Å². The number of fused-ring (bicyclic) bond motifs is 1. The number of aryl methyl sites for hydroxylation is 1. The van der Waals surface area contributed by atoms with Crippen molar-refractivity contribution in [3.8, 4) is 5.75 Å². The summed E-state index contributed by atoms with van der Waals surface area (Å²) in [5.41, 5.74) is 7.07. The quantitative estimate of drug-likeness (QED) is 0.591. The van der Waals surface area contributed by atoms with Crippen LogP contribution in [0.1, 0.15) is 12.5 Å². The average molecular weight is 317 g/mol. The van der Waals surface area contributed by atoms with E-state index in [4.69, 9.17) is 14.6 Å². The van der Waals surface area contributed by atoms with Gasteiger partial charge >= 0.3 is 0 Å². The first-order valence-corrected chi connectivity index (χ1v) is 6.70. The molecule has 0 aliphatic heterocycles. The van der Waals surface area contributed by atoms with Crippen molar-refractivity contribution < 1.29 is 19.4 Å². The lowest BCUT2D eigenvalue weighted by molar-refractivity contribution is -0.134. The first-order chi connectivity index (χ1) is 10.9. The maximum absolute atomic E-state index is 11.1. The number of carboxylic acids is 1. The third kappa shape index (κ3) is 5.66. The molecule has 0 saturated carbocycles. The Hall–Kier alpha value is -3.09. The fourth-order valence-corrected chi connectivity index (χ4v) is 1.75. The van der Waals surface area contributed by atoms with Gasteiger partial charge in [-0.3, -0.25) is 20.4 Å². The molecule has 3 N–H and O–H groups in total. The van der Waals surface area contributed by atoms with Crippen LogP contribution in [0.4, 0.5) is 5.82 Å². The third-order valence-corrected chi connectivity index (χ3v) is 2.72. The number of hydrazine groups is 1. The van der Waals surface area contributed by atoms with Gasteiger partial charge in [0.1, 0.15) is 11.6 Å². The van der Waals surface area contributed by atoms with E-state index in [1.54, 1.807) is 7.11 Å². The van der Waals surface area contributed by atoms with E-state index in [2.05, 4.69) is 22.4 Å². The maximum atomic E-state index is 11.1. The normalized spacial score (nSPS) is 9.35. The van der Waals surface area contributed by atoms with E-state index in [1.807, 2.05) is 31.2 Å². The second kappa shape index (κ2) is 8.38. The number of amides is 1. The standard InChI is InChI=1S/C14H15N3O2.C2H4O2/c1-4-14(18)17-16-13-7-9(2)11-6-5-10(19-3)8-12(11)15-13;1-2(3)4/h4-8H,1H2,2-3H3,(H,15,16)(H,17,18);1H3,(H,3,4). The summed E-state index contributed by atoms with van der Waals surface area (Å²) < 4.78 is 5.17. The number of rotatable bonds is 4. The molecule has 0 aliphatic rings. The molecule has 0 radical (unpaired) electrons. The number of hydrogen-bond acceptors (Lipinski definition) is 5. The molecule has 7 nitrogen and oxygen atoms in total. The molecule has 0 fully saturated rings. The highest BCUT2D eigenvalue weighted by Crippen LogP contribution is 2.24. The zero-order valence-corrected chi connectivity index (χ0v) is 13.2. The lowest BCUT2D eigenvalue weighted by Gasteiger charge is -2.10. The van der Waals surface area contributed by atoms with Crippen molar-refractivity contribution in [2.75, 3.05) is 12.5 Å². The van der Waals surface area contributed by atoms with Crippen molar-refractivity contribution in [1.29, 1.82) is 0 Å². The number of nitrogens with zero attached hydrogens (tertiary/aromatic N) is 1. The van der Waals surface area contributed by atoms with E-state index < -0.39 is 5.97 Å². The van der Waals surface area contributed by atoms with Crippen LogP contribution in [0.5, 0.6) is 5.75 Å². The summed E-state index contributed by atoms with van der Waals surface area (Å²) in [5, 5.41) is 8.46. The molecular formula is C16H19N3O4. The molecule has 122 valence electrons. The van der Waals surface area contributed by atoms with E-state index in [1.165, 1.54) is 6.08 Å². The molecule has 0 aliphatic carbocycles. The Labute approximate surface area is 134 Å². The Kier molecular flexibility index (Phi) is 6.54. The summed E-state index contributed by atoms with van der Waals surface area (Å²) in [6, 6.07) is 7.56. The summed E-state index contributed by atoms with van der Waals surface area (Å²) >= 11 is 0. The molecule has 1 aromatic heterocycles. The molecule has 2 aromatic rings. The second-order valence-corrected chi connectivity index (χ2v) is 4.54. The highest BCUT2D eigenvalue weighted by Gasteiger charge is 2.04. The number of benzene rings is 1. The predicted molar refractivity (Wildman–Crippen MR) is 88.3 cm³/mol. The van der Waals surface area contributed by atoms with Crippen molar-refractivity contribution in [2.24, 2.45) is 0 Å². The van der Waals surface area contributed by atoms with Crippen LogP contribution >= 0.6 is 0 Å². The van der Waals surface area contributed by atoms with Gasteiger partial charge in [0.25, 0.3) is 11.9 Å². The minimum absolute atomic E-state index is 0.315. The fourth-order valence-electron chi connectivity index (χ4n) is 1.75. The molecule has 1 amide bonds. The van der Waals surface area contributed by atoms with E-state index >= 15 is 0 Å². The largest absolute Gasteiger partial charge is 0.497 e. The maximum Gasteiger partial charge on any atom is 0.300 e. The van der Waals surface area contributed by atoms with Gasteiger partial charge in [0.05, 0.1) is 12.6 Å². The number of aromatic nitrogens is 1. The summed E-state index contributed by atoms with van der Waals surface area (Å²) in [5.74, 6) is 0.158. The van der Waals surface area contributed by atoms with Gasteiger partial charge in [0, 0.05) is 18.4 Å². The van der Waals surface area contributed by atoms with Gasteiger partial charge in [-0.05, 0) is 36.8 Å². The van der Waals surface area contributed by atoms with Crippen LogP contribution in [0.25, 0.3) is 10.9 Å². The molecule has 2 rings (SSSR count). The zero-order chi connectivity index (χ0) is 17.4. The van der Waals surface area contributed by atoms with Crippen LogP contribution in [0, 0.1) is 6.92 Å². The molecule has 23 heavy (non-hydrogen) atoms. The number of nitrogens with one attached hydrogen (secondary N) is 2. The summed E-state index contributed by atoms with van der Waals surface area (Å²) in [6.07, 6.45) is 1.18. The zero-order valence-electron chi connectivity index (χ0n) is 13.2. The number of carbonyl (C=O) groups is 2. The highest BCUT2D eigenvalue weighted by atomic mass is 16.5. The van der Waals surface area contributed by atoms with E-state index in [0.717, 1.165) is 29.1 Å². The van der Waals surface area contributed by atoms with Crippen molar-refractivity contribution in [2.45, 2.75) is 13.8 Å². The Balaban J connectivity index is 0.000000593. The molecule has 0 bridgehead atoms. The van der Waals surface area contributed by atoms with Gasteiger partial charge in [-0.1, -0.05) is 6.58 Å². The van der Waals surface area contributed by atoms with Crippen LogP contribution in [-0.2, 0) is 9.59 Å². The van der Waals surface area contributed by atoms with Crippen LogP contribution in [-0.4, -0.2) is 29.1 Å². The third-order valence-electron chi connectivity index (χ3n) is 2.72. The number of hydrogen-bond donors (Lipinski definition) is 3. The smallest absolute Gasteiger partial charge is 0.300 e. The average Bonchev–Trinajstić information content (AvgIpc) is 2.51. The first kappa shape index (κ1) is 18.0. The number of carbonyl (C=O) groups excluding carboxylic acids is 1.